The van der Waals surface area contributed by atoms with Crippen molar-refractivity contribution in [1.82, 2.24) is 0 Å². The van der Waals surface area contributed by atoms with Crippen molar-refractivity contribution in [2.75, 3.05) is 4.90 Å². The van der Waals surface area contributed by atoms with Gasteiger partial charge < -0.3 is 9.32 Å². The van der Waals surface area contributed by atoms with Crippen molar-refractivity contribution in [1.29, 1.82) is 0 Å². The highest BCUT2D eigenvalue weighted by molar-refractivity contribution is 6.25. The first kappa shape index (κ1) is 30.0. The quantitative estimate of drug-likeness (QED) is 0.172. The van der Waals surface area contributed by atoms with Crippen LogP contribution in [-0.2, 0) is 5.41 Å². The van der Waals surface area contributed by atoms with E-state index in [9.17, 15) is 0 Å². The van der Waals surface area contributed by atoms with Crippen molar-refractivity contribution < 1.29 is 4.42 Å². The van der Waals surface area contributed by atoms with Gasteiger partial charge in [0.05, 0.1) is 0 Å². The summed E-state index contributed by atoms with van der Waals surface area (Å²) < 4.78 is 6.44. The van der Waals surface area contributed by atoms with Crippen LogP contribution in [0.4, 0.5) is 17.1 Å². The summed E-state index contributed by atoms with van der Waals surface area (Å²) in [6.45, 7) is 4.68. The zero-order valence-electron chi connectivity index (χ0n) is 29.6. The first-order chi connectivity index (χ1) is 26.0. The van der Waals surface area contributed by atoms with Crippen molar-refractivity contribution in [2.24, 2.45) is 0 Å². The summed E-state index contributed by atoms with van der Waals surface area (Å²) in [5, 5.41) is 9.91. The maximum absolute atomic E-state index is 6.44. The predicted molar refractivity (Wildman–Crippen MR) is 224 cm³/mol. The van der Waals surface area contributed by atoms with Crippen LogP contribution in [0.5, 0.6) is 0 Å². The predicted octanol–water partition coefficient (Wildman–Crippen LogP) is 14.5. The molecule has 1 aromatic heterocycles. The van der Waals surface area contributed by atoms with Crippen LogP contribution < -0.4 is 4.90 Å². The van der Waals surface area contributed by atoms with Crippen LogP contribution in [0, 0.1) is 0 Å². The van der Waals surface area contributed by atoms with Gasteiger partial charge >= 0.3 is 0 Å². The molecule has 0 fully saturated rings. The molecule has 0 bridgehead atoms. The normalized spacial score (nSPS) is 13.2. The summed E-state index contributed by atoms with van der Waals surface area (Å²) in [5.74, 6) is 0. The smallest absolute Gasteiger partial charge is 0.143 e. The minimum atomic E-state index is -0.0580. The fourth-order valence-electron chi connectivity index (χ4n) is 9.09. The van der Waals surface area contributed by atoms with E-state index in [1.807, 2.05) is 12.1 Å². The van der Waals surface area contributed by atoms with Crippen LogP contribution in [0.2, 0.25) is 0 Å². The van der Waals surface area contributed by atoms with Gasteiger partial charge in [-0.2, -0.15) is 0 Å². The Morgan fingerprint density at radius 2 is 0.906 bits per heavy atom. The second kappa shape index (κ2) is 11.2. The Hall–Kier alpha value is -6.64. The fraction of sp³-hybridized carbons (Fsp3) is 0.0588. The van der Waals surface area contributed by atoms with Crippen molar-refractivity contribution in [3.8, 4) is 22.3 Å². The van der Waals surface area contributed by atoms with Gasteiger partial charge in [0, 0.05) is 38.8 Å². The monoisotopic (exact) mass is 677 g/mol. The Bertz CT molecular complexity index is 3060. The van der Waals surface area contributed by atoms with Crippen LogP contribution in [-0.4, -0.2) is 0 Å². The molecular weight excluding hydrogens is 643 g/mol. The highest BCUT2D eigenvalue weighted by Crippen LogP contribution is 2.51. The first-order valence-corrected chi connectivity index (χ1v) is 18.4. The first-order valence-electron chi connectivity index (χ1n) is 18.4. The Morgan fingerprint density at radius 1 is 0.377 bits per heavy atom. The van der Waals surface area contributed by atoms with E-state index in [1.54, 1.807) is 0 Å². The summed E-state index contributed by atoms with van der Waals surface area (Å²) in [5.41, 5.74) is 12.7. The molecule has 10 aromatic rings. The number of benzene rings is 9. The summed E-state index contributed by atoms with van der Waals surface area (Å²) in [6, 6.07) is 64.2. The van der Waals surface area contributed by atoms with E-state index in [1.165, 1.54) is 54.6 Å². The maximum Gasteiger partial charge on any atom is 0.143 e. The highest BCUT2D eigenvalue weighted by Gasteiger charge is 2.35. The van der Waals surface area contributed by atoms with Gasteiger partial charge in [0.1, 0.15) is 11.2 Å². The van der Waals surface area contributed by atoms with Gasteiger partial charge in [-0.15, -0.1) is 0 Å². The molecule has 250 valence electrons. The van der Waals surface area contributed by atoms with E-state index in [-0.39, 0.29) is 5.41 Å². The Kier molecular flexibility index (Phi) is 6.33. The fourth-order valence-corrected chi connectivity index (χ4v) is 9.09. The van der Waals surface area contributed by atoms with Gasteiger partial charge in [0.15, 0.2) is 0 Å². The van der Waals surface area contributed by atoms with Crippen molar-refractivity contribution in [3.05, 3.63) is 187 Å². The summed E-state index contributed by atoms with van der Waals surface area (Å²) in [4.78, 5) is 2.42. The molecule has 0 saturated carbocycles. The zero-order valence-corrected chi connectivity index (χ0v) is 29.6. The number of nitrogens with zero attached hydrogens (tertiary/aromatic N) is 1. The number of furan rings is 1. The van der Waals surface area contributed by atoms with Gasteiger partial charge in [0.25, 0.3) is 0 Å². The number of fused-ring (bicyclic) bond motifs is 12. The van der Waals surface area contributed by atoms with Gasteiger partial charge in [-0.05, 0) is 103 Å². The molecule has 0 spiro atoms. The highest BCUT2D eigenvalue weighted by atomic mass is 16.3. The third-order valence-electron chi connectivity index (χ3n) is 11.7. The van der Waals surface area contributed by atoms with Gasteiger partial charge in [0.2, 0.25) is 0 Å². The van der Waals surface area contributed by atoms with Crippen LogP contribution >= 0.6 is 0 Å². The number of rotatable bonds is 4. The molecular formula is C51H35NO. The molecule has 1 aliphatic carbocycles. The Labute approximate surface area is 308 Å². The lowest BCUT2D eigenvalue weighted by Crippen LogP contribution is -2.15. The number of hydrogen-bond acceptors (Lipinski definition) is 2. The second-order valence-corrected chi connectivity index (χ2v) is 14.9. The SMILES string of the molecule is CC1(C)c2ccccc2-c2cc(N(c3ccc(-c4cccc5c4oc4ccccc45)cc3)c3ccc4c5ccccc5c5ccccc5c4c3)ccc21. The number of para-hydroxylation sites is 2. The number of hydrogen-bond donors (Lipinski definition) is 0. The van der Waals surface area contributed by atoms with E-state index in [0.29, 0.717) is 0 Å². The summed E-state index contributed by atoms with van der Waals surface area (Å²) in [6.07, 6.45) is 0. The minimum absolute atomic E-state index is 0.0580. The lowest BCUT2D eigenvalue weighted by Gasteiger charge is -2.28. The number of anilines is 3. The maximum atomic E-state index is 6.44. The van der Waals surface area contributed by atoms with Crippen molar-refractivity contribution >= 4 is 71.3 Å². The molecule has 53 heavy (non-hydrogen) atoms. The molecule has 0 aliphatic heterocycles. The molecule has 0 saturated heterocycles. The molecule has 1 heterocycles. The third-order valence-corrected chi connectivity index (χ3v) is 11.7. The molecule has 0 radical (unpaired) electrons. The minimum Gasteiger partial charge on any atom is -0.455 e. The molecule has 11 rings (SSSR count). The van der Waals surface area contributed by atoms with Crippen LogP contribution in [0.1, 0.15) is 25.0 Å². The van der Waals surface area contributed by atoms with E-state index < -0.39 is 0 Å². The van der Waals surface area contributed by atoms with Gasteiger partial charge in [-0.1, -0.05) is 147 Å². The molecule has 2 heteroatoms. The molecule has 0 N–H and O–H groups in total. The molecule has 2 nitrogen and oxygen atoms in total. The zero-order chi connectivity index (χ0) is 35.3. The van der Waals surface area contributed by atoms with E-state index in [4.69, 9.17) is 4.42 Å². The van der Waals surface area contributed by atoms with Crippen LogP contribution in [0.15, 0.2) is 180 Å². The van der Waals surface area contributed by atoms with E-state index in [0.717, 1.165) is 50.1 Å². The van der Waals surface area contributed by atoms with Crippen molar-refractivity contribution in [3.63, 3.8) is 0 Å². The molecule has 0 atom stereocenters. The summed E-state index contributed by atoms with van der Waals surface area (Å²) >= 11 is 0. The second-order valence-electron chi connectivity index (χ2n) is 14.9. The molecule has 1 aliphatic rings. The van der Waals surface area contributed by atoms with Crippen LogP contribution in [0.3, 0.4) is 0 Å². The van der Waals surface area contributed by atoms with Crippen LogP contribution in [0.25, 0.3) is 76.5 Å². The average Bonchev–Trinajstić information content (AvgIpc) is 3.70. The average molecular weight is 678 g/mol. The third kappa shape index (κ3) is 4.39. The Balaban J connectivity index is 1.12. The Morgan fingerprint density at radius 3 is 1.66 bits per heavy atom. The lowest BCUT2D eigenvalue weighted by atomic mass is 9.82. The lowest BCUT2D eigenvalue weighted by molar-refractivity contribution is 0.660. The molecule has 0 unspecified atom stereocenters. The topological polar surface area (TPSA) is 16.4 Å². The van der Waals surface area contributed by atoms with Crippen molar-refractivity contribution in [2.45, 2.75) is 19.3 Å². The summed E-state index contributed by atoms with van der Waals surface area (Å²) in [7, 11) is 0. The van der Waals surface area contributed by atoms with Gasteiger partial charge in [-0.3, -0.25) is 0 Å². The van der Waals surface area contributed by atoms with Gasteiger partial charge in [-0.25, -0.2) is 0 Å². The standard InChI is InChI=1S/C51H35NO/c1-51(2)47-20-9-7-16-42(47)46-31-35(27-29-48(46)51)52(34-26-28-41-39-14-4-3-12-37(39)38-13-5-6-15-40(38)45(41)30-34)33-24-22-32(23-25-33)36-18-11-19-44-43-17-8-10-21-49(43)53-50(36)44/h3-31H,1-2H3. The molecule has 9 aromatic carbocycles. The largest absolute Gasteiger partial charge is 0.455 e. The molecule has 0 amide bonds. The van der Waals surface area contributed by atoms with E-state index in [2.05, 4.69) is 183 Å². The van der Waals surface area contributed by atoms with E-state index >= 15 is 0 Å².